The summed E-state index contributed by atoms with van der Waals surface area (Å²) in [6, 6.07) is 9.49. The van der Waals surface area contributed by atoms with E-state index in [4.69, 9.17) is 0 Å². The van der Waals surface area contributed by atoms with Gasteiger partial charge in [-0.05, 0) is 37.8 Å². The zero-order chi connectivity index (χ0) is 15.4. The molecule has 0 unspecified atom stereocenters. The molecular weight excluding hydrogens is 296 g/mol. The third kappa shape index (κ3) is 3.53. The van der Waals surface area contributed by atoms with Crippen molar-refractivity contribution in [2.24, 2.45) is 0 Å². The number of sulfonamides is 1. The molecule has 2 fully saturated rings. The first-order chi connectivity index (χ1) is 10.7. The largest absolute Gasteiger partial charge is 0.332 e. The van der Waals surface area contributed by atoms with Crippen LogP contribution < -0.4 is 4.90 Å². The molecule has 3 rings (SSSR count). The van der Waals surface area contributed by atoms with E-state index in [-0.39, 0.29) is 0 Å². The molecule has 5 heteroatoms. The number of benzene rings is 1. The van der Waals surface area contributed by atoms with Crippen molar-refractivity contribution in [2.75, 3.05) is 26.2 Å². The second-order valence-corrected chi connectivity index (χ2v) is 8.50. The molecule has 1 N–H and O–H groups in total. The van der Waals surface area contributed by atoms with Crippen LogP contribution in [0.4, 0.5) is 0 Å². The second-order valence-electron chi connectivity index (χ2n) is 6.56. The lowest BCUT2D eigenvalue weighted by atomic mass is 10.0. The van der Waals surface area contributed by atoms with Gasteiger partial charge in [-0.2, -0.15) is 4.31 Å². The molecule has 4 nitrogen and oxygen atoms in total. The lowest BCUT2D eigenvalue weighted by molar-refractivity contribution is -0.926. The average molecular weight is 323 g/mol. The fraction of sp³-hybridized carbons (Fsp3) is 0.647. The maximum Gasteiger partial charge on any atom is 0.243 e. The van der Waals surface area contributed by atoms with E-state index >= 15 is 0 Å². The van der Waals surface area contributed by atoms with Crippen molar-refractivity contribution in [2.45, 2.75) is 49.5 Å². The molecule has 0 aliphatic carbocycles. The number of hydrogen-bond donors (Lipinski definition) is 1. The van der Waals surface area contributed by atoms with Gasteiger partial charge in [-0.15, -0.1) is 0 Å². The number of piperidine rings is 1. The van der Waals surface area contributed by atoms with Gasteiger partial charge in [-0.25, -0.2) is 8.42 Å². The Balaban J connectivity index is 1.61. The lowest BCUT2D eigenvalue weighted by Gasteiger charge is -2.35. The molecule has 22 heavy (non-hydrogen) atoms. The van der Waals surface area contributed by atoms with Gasteiger partial charge in [0.1, 0.15) is 0 Å². The van der Waals surface area contributed by atoms with E-state index in [2.05, 4.69) is 0 Å². The molecule has 0 amide bonds. The summed E-state index contributed by atoms with van der Waals surface area (Å²) in [5.74, 6) is 0. The highest BCUT2D eigenvalue weighted by Gasteiger charge is 2.33. The molecule has 2 heterocycles. The van der Waals surface area contributed by atoms with E-state index in [1.54, 1.807) is 33.5 Å². The first-order valence-electron chi connectivity index (χ1n) is 8.58. The van der Waals surface area contributed by atoms with E-state index in [0.717, 1.165) is 12.8 Å². The molecule has 0 radical (unpaired) electrons. The Bertz CT molecular complexity index is 558. The van der Waals surface area contributed by atoms with Gasteiger partial charge < -0.3 is 4.90 Å². The summed E-state index contributed by atoms with van der Waals surface area (Å²) in [4.78, 5) is 2.14. The SMILES string of the molecule is O=S(=O)(c1ccccc1)N1CCC([NH+]2CCCCCC2)CC1. The van der Waals surface area contributed by atoms with E-state index in [1.807, 2.05) is 6.07 Å². The summed E-state index contributed by atoms with van der Waals surface area (Å²) in [7, 11) is -3.30. The molecule has 0 atom stereocenters. The predicted molar refractivity (Wildman–Crippen MR) is 87.4 cm³/mol. The van der Waals surface area contributed by atoms with Crippen LogP contribution in [0.3, 0.4) is 0 Å². The van der Waals surface area contributed by atoms with Crippen LogP contribution in [0.2, 0.25) is 0 Å². The quantitative estimate of drug-likeness (QED) is 0.911. The Morgan fingerprint density at radius 1 is 0.909 bits per heavy atom. The first kappa shape index (κ1) is 16.0. The van der Waals surface area contributed by atoms with Crippen LogP contribution in [0, 0.1) is 0 Å². The summed E-state index contributed by atoms with van der Waals surface area (Å²) in [5.41, 5.74) is 0. The first-order valence-corrected chi connectivity index (χ1v) is 10.0. The number of nitrogens with one attached hydrogen (secondary N) is 1. The van der Waals surface area contributed by atoms with Gasteiger partial charge in [-0.1, -0.05) is 18.2 Å². The van der Waals surface area contributed by atoms with E-state index < -0.39 is 10.0 Å². The highest BCUT2D eigenvalue weighted by atomic mass is 32.2. The second kappa shape index (κ2) is 7.11. The van der Waals surface area contributed by atoms with Gasteiger partial charge in [0, 0.05) is 25.9 Å². The van der Waals surface area contributed by atoms with Crippen LogP contribution in [0.5, 0.6) is 0 Å². The van der Waals surface area contributed by atoms with Gasteiger partial charge in [0.15, 0.2) is 0 Å². The van der Waals surface area contributed by atoms with E-state index in [0.29, 0.717) is 24.0 Å². The Labute approximate surface area is 134 Å². The predicted octanol–water partition coefficient (Wildman–Crippen LogP) is 1.30. The smallest absolute Gasteiger partial charge is 0.243 e. The Kier molecular flexibility index (Phi) is 5.16. The Morgan fingerprint density at radius 3 is 2.09 bits per heavy atom. The van der Waals surface area contributed by atoms with Crippen molar-refractivity contribution in [3.05, 3.63) is 30.3 Å². The van der Waals surface area contributed by atoms with Crippen LogP contribution in [0.15, 0.2) is 35.2 Å². The molecule has 0 bridgehead atoms. The van der Waals surface area contributed by atoms with Crippen LogP contribution >= 0.6 is 0 Å². The van der Waals surface area contributed by atoms with Crippen LogP contribution in [0.25, 0.3) is 0 Å². The summed E-state index contributed by atoms with van der Waals surface area (Å²) in [5, 5.41) is 0. The number of hydrogen-bond acceptors (Lipinski definition) is 2. The van der Waals surface area contributed by atoms with Gasteiger partial charge >= 0.3 is 0 Å². The molecule has 1 aromatic carbocycles. The molecule has 122 valence electrons. The normalized spacial score (nSPS) is 23.3. The monoisotopic (exact) mass is 323 g/mol. The van der Waals surface area contributed by atoms with Crippen molar-refractivity contribution < 1.29 is 13.3 Å². The zero-order valence-electron chi connectivity index (χ0n) is 13.2. The third-order valence-electron chi connectivity index (χ3n) is 5.16. The third-order valence-corrected chi connectivity index (χ3v) is 7.07. The van der Waals surface area contributed by atoms with E-state index in [1.165, 1.54) is 38.8 Å². The molecule has 0 aromatic heterocycles. The number of rotatable bonds is 3. The lowest BCUT2D eigenvalue weighted by Crippen LogP contribution is -3.16. The maximum absolute atomic E-state index is 12.6. The highest BCUT2D eigenvalue weighted by Crippen LogP contribution is 2.20. The van der Waals surface area contributed by atoms with Crippen LogP contribution in [0.1, 0.15) is 38.5 Å². The minimum absolute atomic E-state index is 0.426. The fourth-order valence-electron chi connectivity index (χ4n) is 3.84. The van der Waals surface area contributed by atoms with Crippen molar-refractivity contribution in [3.8, 4) is 0 Å². The summed E-state index contributed by atoms with van der Waals surface area (Å²) in [6.45, 7) is 3.89. The topological polar surface area (TPSA) is 41.8 Å². The standard InChI is InChI=1S/C17H26N2O2S/c20-22(21,17-8-4-3-5-9-17)19-14-10-16(11-15-19)18-12-6-1-2-7-13-18/h3-5,8-9,16H,1-2,6-7,10-15H2/p+1. The molecule has 1 aromatic rings. The molecule has 0 spiro atoms. The Morgan fingerprint density at radius 2 is 1.50 bits per heavy atom. The Hall–Kier alpha value is -0.910. The summed E-state index contributed by atoms with van der Waals surface area (Å²) in [6.07, 6.45) is 7.40. The van der Waals surface area contributed by atoms with Gasteiger partial charge in [0.05, 0.1) is 24.0 Å². The number of likely N-dealkylation sites (tertiary alicyclic amines) is 1. The van der Waals surface area contributed by atoms with Crippen LogP contribution in [-0.2, 0) is 10.0 Å². The highest BCUT2D eigenvalue weighted by molar-refractivity contribution is 7.89. The molecule has 2 aliphatic heterocycles. The van der Waals surface area contributed by atoms with Gasteiger partial charge in [0.25, 0.3) is 0 Å². The molecule has 2 aliphatic rings. The number of quaternary nitrogens is 1. The van der Waals surface area contributed by atoms with Gasteiger partial charge in [-0.3, -0.25) is 0 Å². The van der Waals surface area contributed by atoms with Crippen molar-refractivity contribution in [1.29, 1.82) is 0 Å². The van der Waals surface area contributed by atoms with E-state index in [9.17, 15) is 8.42 Å². The molecular formula is C17H27N2O2S+. The maximum atomic E-state index is 12.6. The molecule has 0 saturated carbocycles. The van der Waals surface area contributed by atoms with Crippen LogP contribution in [-0.4, -0.2) is 44.9 Å². The van der Waals surface area contributed by atoms with Crippen molar-refractivity contribution >= 4 is 10.0 Å². The average Bonchev–Trinajstić information content (AvgIpc) is 2.85. The van der Waals surface area contributed by atoms with Gasteiger partial charge in [0.2, 0.25) is 10.0 Å². The number of nitrogens with zero attached hydrogens (tertiary/aromatic N) is 1. The van der Waals surface area contributed by atoms with Crippen molar-refractivity contribution in [1.82, 2.24) is 4.31 Å². The molecule has 2 saturated heterocycles. The minimum Gasteiger partial charge on any atom is -0.332 e. The minimum atomic E-state index is -3.30. The summed E-state index contributed by atoms with van der Waals surface area (Å²) >= 11 is 0. The zero-order valence-corrected chi connectivity index (χ0v) is 14.0. The summed E-state index contributed by atoms with van der Waals surface area (Å²) < 4.78 is 27.0. The van der Waals surface area contributed by atoms with Crippen molar-refractivity contribution in [3.63, 3.8) is 0 Å². The fourth-order valence-corrected chi connectivity index (χ4v) is 5.33.